The summed E-state index contributed by atoms with van der Waals surface area (Å²) >= 11 is 2.36. The number of ether oxygens (including phenoxy) is 1. The molecule has 1 saturated heterocycles. The van der Waals surface area contributed by atoms with Crippen molar-refractivity contribution in [1.29, 1.82) is 0 Å². The number of benzene rings is 1. The van der Waals surface area contributed by atoms with E-state index in [1.54, 1.807) is 0 Å². The van der Waals surface area contributed by atoms with Crippen molar-refractivity contribution in [3.63, 3.8) is 0 Å². The Balaban J connectivity index is 2.06. The van der Waals surface area contributed by atoms with E-state index < -0.39 is 0 Å². The van der Waals surface area contributed by atoms with Crippen molar-refractivity contribution in [2.75, 3.05) is 19.8 Å². The van der Waals surface area contributed by atoms with Gasteiger partial charge in [0, 0.05) is 29.4 Å². The van der Waals surface area contributed by atoms with E-state index in [4.69, 9.17) is 4.74 Å². The highest BCUT2D eigenvalue weighted by Gasteiger charge is 2.32. The molecular weight excluding hydrogens is 349 g/mol. The van der Waals surface area contributed by atoms with Crippen molar-refractivity contribution in [2.45, 2.75) is 39.2 Å². The third-order valence-corrected chi connectivity index (χ3v) is 4.65. The van der Waals surface area contributed by atoms with Crippen LogP contribution in [-0.4, -0.2) is 25.8 Å². The molecule has 0 aromatic heterocycles. The Labute approximate surface area is 130 Å². The SMILES string of the molecule is CC(C)NCC1(Cc2ccc(I)cc2)CCOCC1. The first kappa shape index (κ1) is 15.3. The molecule has 106 valence electrons. The molecular formula is C16H24INO. The van der Waals surface area contributed by atoms with Crippen molar-refractivity contribution < 1.29 is 4.74 Å². The van der Waals surface area contributed by atoms with Crippen LogP contribution in [-0.2, 0) is 11.2 Å². The molecule has 0 amide bonds. The van der Waals surface area contributed by atoms with Gasteiger partial charge in [-0.25, -0.2) is 0 Å². The van der Waals surface area contributed by atoms with Gasteiger partial charge in [0.2, 0.25) is 0 Å². The summed E-state index contributed by atoms with van der Waals surface area (Å²) in [6.45, 7) is 7.35. The molecule has 1 aromatic carbocycles. The van der Waals surface area contributed by atoms with E-state index in [9.17, 15) is 0 Å². The van der Waals surface area contributed by atoms with E-state index in [0.717, 1.165) is 26.2 Å². The summed E-state index contributed by atoms with van der Waals surface area (Å²) in [4.78, 5) is 0. The average Bonchev–Trinajstić information content (AvgIpc) is 2.41. The molecule has 3 heteroatoms. The van der Waals surface area contributed by atoms with Gasteiger partial charge in [-0.2, -0.15) is 0 Å². The van der Waals surface area contributed by atoms with Crippen LogP contribution >= 0.6 is 22.6 Å². The second-order valence-corrected chi connectivity index (χ2v) is 7.20. The Hall–Kier alpha value is -0.130. The maximum atomic E-state index is 5.56. The van der Waals surface area contributed by atoms with Gasteiger partial charge < -0.3 is 10.1 Å². The maximum absolute atomic E-state index is 5.56. The fourth-order valence-corrected chi connectivity index (χ4v) is 3.04. The molecule has 0 aliphatic carbocycles. The van der Waals surface area contributed by atoms with Gasteiger partial charge in [-0.15, -0.1) is 0 Å². The molecule has 2 nitrogen and oxygen atoms in total. The highest BCUT2D eigenvalue weighted by molar-refractivity contribution is 14.1. The Kier molecular flexibility index (Phi) is 5.66. The molecule has 1 aliphatic heterocycles. The summed E-state index contributed by atoms with van der Waals surface area (Å²) in [5.74, 6) is 0. The molecule has 0 radical (unpaired) electrons. The molecule has 1 heterocycles. The molecule has 2 rings (SSSR count). The first-order valence-corrected chi connectivity index (χ1v) is 8.23. The van der Waals surface area contributed by atoms with Gasteiger partial charge >= 0.3 is 0 Å². The number of nitrogens with one attached hydrogen (secondary N) is 1. The molecule has 0 bridgehead atoms. The normalized spacial score (nSPS) is 18.7. The summed E-state index contributed by atoms with van der Waals surface area (Å²) in [6, 6.07) is 9.51. The molecule has 0 atom stereocenters. The highest BCUT2D eigenvalue weighted by Crippen LogP contribution is 2.34. The van der Waals surface area contributed by atoms with Crippen LogP contribution in [0.15, 0.2) is 24.3 Å². The molecule has 1 aromatic rings. The molecule has 1 aliphatic rings. The van der Waals surface area contributed by atoms with E-state index in [2.05, 4.69) is 66.0 Å². The van der Waals surface area contributed by atoms with Crippen LogP contribution in [0.5, 0.6) is 0 Å². The molecule has 0 saturated carbocycles. The number of halogens is 1. The highest BCUT2D eigenvalue weighted by atomic mass is 127. The van der Waals surface area contributed by atoms with Crippen molar-refractivity contribution in [1.82, 2.24) is 5.32 Å². The summed E-state index contributed by atoms with van der Waals surface area (Å²) in [5, 5.41) is 3.63. The van der Waals surface area contributed by atoms with E-state index in [1.165, 1.54) is 22.0 Å². The van der Waals surface area contributed by atoms with Crippen molar-refractivity contribution in [2.24, 2.45) is 5.41 Å². The Morgan fingerprint density at radius 1 is 1.21 bits per heavy atom. The zero-order chi connectivity index (χ0) is 13.7. The average molecular weight is 373 g/mol. The van der Waals surface area contributed by atoms with Crippen LogP contribution < -0.4 is 5.32 Å². The standard InChI is InChI=1S/C16H24INO/c1-13(2)18-12-16(7-9-19-10-8-16)11-14-3-5-15(17)6-4-14/h3-6,13,18H,7-12H2,1-2H3. The first-order valence-electron chi connectivity index (χ1n) is 7.15. The van der Waals surface area contributed by atoms with Gasteiger partial charge in [0.1, 0.15) is 0 Å². The van der Waals surface area contributed by atoms with Crippen LogP contribution in [0.25, 0.3) is 0 Å². The van der Waals surface area contributed by atoms with E-state index in [0.29, 0.717) is 11.5 Å². The van der Waals surface area contributed by atoms with Crippen LogP contribution in [0.2, 0.25) is 0 Å². The largest absolute Gasteiger partial charge is 0.381 e. The van der Waals surface area contributed by atoms with Crippen LogP contribution in [0, 0.1) is 8.99 Å². The molecule has 0 unspecified atom stereocenters. The first-order chi connectivity index (χ1) is 9.10. The van der Waals surface area contributed by atoms with Gasteiger partial charge in [-0.3, -0.25) is 0 Å². The predicted octanol–water partition coefficient (Wildman–Crippen LogP) is 3.63. The van der Waals surface area contributed by atoms with Crippen molar-refractivity contribution in [3.05, 3.63) is 33.4 Å². The zero-order valence-electron chi connectivity index (χ0n) is 11.9. The third-order valence-electron chi connectivity index (χ3n) is 3.93. The van der Waals surface area contributed by atoms with Gasteiger partial charge in [-0.05, 0) is 65.0 Å². The molecule has 19 heavy (non-hydrogen) atoms. The fraction of sp³-hybridized carbons (Fsp3) is 0.625. The minimum Gasteiger partial charge on any atom is -0.381 e. The quantitative estimate of drug-likeness (QED) is 0.796. The van der Waals surface area contributed by atoms with Crippen LogP contribution in [0.4, 0.5) is 0 Å². The summed E-state index contributed by atoms with van der Waals surface area (Å²) in [5.41, 5.74) is 1.82. The second kappa shape index (κ2) is 7.04. The van der Waals surface area contributed by atoms with E-state index in [1.807, 2.05) is 0 Å². The lowest BCUT2D eigenvalue weighted by molar-refractivity contribution is 0.0141. The lowest BCUT2D eigenvalue weighted by atomic mass is 9.75. The Bertz CT molecular complexity index is 382. The number of hydrogen-bond donors (Lipinski definition) is 1. The van der Waals surface area contributed by atoms with Crippen LogP contribution in [0.1, 0.15) is 32.3 Å². The smallest absolute Gasteiger partial charge is 0.0471 e. The number of hydrogen-bond acceptors (Lipinski definition) is 2. The van der Waals surface area contributed by atoms with Gasteiger partial charge in [0.25, 0.3) is 0 Å². The topological polar surface area (TPSA) is 21.3 Å². The Morgan fingerprint density at radius 3 is 2.42 bits per heavy atom. The van der Waals surface area contributed by atoms with Crippen molar-refractivity contribution in [3.8, 4) is 0 Å². The maximum Gasteiger partial charge on any atom is 0.0471 e. The van der Waals surface area contributed by atoms with Gasteiger partial charge in [0.05, 0.1) is 0 Å². The fourth-order valence-electron chi connectivity index (χ4n) is 2.68. The Morgan fingerprint density at radius 2 is 1.84 bits per heavy atom. The molecule has 0 spiro atoms. The zero-order valence-corrected chi connectivity index (χ0v) is 14.1. The van der Waals surface area contributed by atoms with Gasteiger partial charge in [0.15, 0.2) is 0 Å². The summed E-state index contributed by atoms with van der Waals surface area (Å²) in [7, 11) is 0. The summed E-state index contributed by atoms with van der Waals surface area (Å²) in [6.07, 6.45) is 3.49. The number of rotatable bonds is 5. The lowest BCUT2D eigenvalue weighted by Gasteiger charge is -2.38. The van der Waals surface area contributed by atoms with Gasteiger partial charge in [-0.1, -0.05) is 26.0 Å². The van der Waals surface area contributed by atoms with Crippen molar-refractivity contribution >= 4 is 22.6 Å². The van der Waals surface area contributed by atoms with E-state index >= 15 is 0 Å². The monoisotopic (exact) mass is 373 g/mol. The third kappa shape index (κ3) is 4.72. The predicted molar refractivity (Wildman–Crippen MR) is 88.5 cm³/mol. The summed E-state index contributed by atoms with van der Waals surface area (Å²) < 4.78 is 6.87. The lowest BCUT2D eigenvalue weighted by Crippen LogP contribution is -2.42. The minimum atomic E-state index is 0.370. The molecule has 1 N–H and O–H groups in total. The molecule has 1 fully saturated rings. The van der Waals surface area contributed by atoms with E-state index in [-0.39, 0.29) is 0 Å². The second-order valence-electron chi connectivity index (χ2n) is 5.95. The van der Waals surface area contributed by atoms with Crippen LogP contribution in [0.3, 0.4) is 0 Å². The minimum absolute atomic E-state index is 0.370.